The molecule has 11 rings (SSSR count). The Morgan fingerprint density at radius 2 is 1.08 bits per heavy atom. The van der Waals surface area contributed by atoms with Crippen LogP contribution >= 0.6 is 11.3 Å². The molecule has 0 atom stereocenters. The van der Waals surface area contributed by atoms with Crippen molar-refractivity contribution in [2.24, 2.45) is 0 Å². The van der Waals surface area contributed by atoms with Crippen molar-refractivity contribution < 1.29 is 4.42 Å². The summed E-state index contributed by atoms with van der Waals surface area (Å²) in [5.41, 5.74) is 7.57. The van der Waals surface area contributed by atoms with Crippen molar-refractivity contribution in [2.45, 2.75) is 0 Å². The molecule has 11 aromatic rings. The summed E-state index contributed by atoms with van der Waals surface area (Å²) in [6.45, 7) is 0. The van der Waals surface area contributed by atoms with E-state index in [1.807, 2.05) is 84.1 Å². The van der Waals surface area contributed by atoms with E-state index in [2.05, 4.69) is 89.5 Å². The van der Waals surface area contributed by atoms with Gasteiger partial charge in [-0.05, 0) is 42.5 Å². The van der Waals surface area contributed by atoms with Gasteiger partial charge >= 0.3 is 0 Å². The monoisotopic (exact) mass is 670 g/mol. The van der Waals surface area contributed by atoms with Gasteiger partial charge in [-0.2, -0.15) is 0 Å². The third kappa shape index (κ3) is 4.30. The maximum atomic E-state index is 6.79. The Hall–Kier alpha value is -6.63. The van der Waals surface area contributed by atoms with Gasteiger partial charge in [0.1, 0.15) is 11.2 Å². The molecular weight excluding hydrogens is 645 g/mol. The van der Waals surface area contributed by atoms with Crippen LogP contribution in [0.3, 0.4) is 0 Å². The van der Waals surface area contributed by atoms with E-state index in [4.69, 9.17) is 19.4 Å². The number of rotatable bonds is 4. The highest BCUT2D eigenvalue weighted by Crippen LogP contribution is 2.44. The van der Waals surface area contributed by atoms with E-state index in [1.165, 1.54) is 30.9 Å². The van der Waals surface area contributed by atoms with Crippen LogP contribution in [0.15, 0.2) is 162 Å². The number of para-hydroxylation sites is 2. The first-order valence-electron chi connectivity index (χ1n) is 16.9. The summed E-state index contributed by atoms with van der Waals surface area (Å²) in [6.07, 6.45) is 0. The van der Waals surface area contributed by atoms with Crippen molar-refractivity contribution in [1.82, 2.24) is 19.5 Å². The molecule has 0 radical (unpaired) electrons. The standard InChI is InChI=1S/C45H26N4OS/c1-3-13-27(14-4-1)43-46-44(28-15-5-2-6-16-28)48-45(47-43)32-23-24-36(41-31-19-8-11-21-38(31)50-42(32)41)49-35-20-10-7-17-29(35)33-25-34-30-18-9-12-22-39(30)51-40(34)26-37(33)49/h1-26H. The zero-order chi connectivity index (χ0) is 33.5. The number of hydrogen-bond acceptors (Lipinski definition) is 5. The molecular formula is C45H26N4OS. The molecule has 6 heteroatoms. The van der Waals surface area contributed by atoms with Crippen LogP contribution < -0.4 is 0 Å². The lowest BCUT2D eigenvalue weighted by molar-refractivity contribution is 0.669. The fraction of sp³-hybridized carbons (Fsp3) is 0. The summed E-state index contributed by atoms with van der Waals surface area (Å²) < 4.78 is 11.8. The number of nitrogens with zero attached hydrogens (tertiary/aromatic N) is 4. The molecule has 0 saturated heterocycles. The second-order valence-electron chi connectivity index (χ2n) is 12.8. The second kappa shape index (κ2) is 10.9. The van der Waals surface area contributed by atoms with Crippen LogP contribution in [0.1, 0.15) is 0 Å². The smallest absolute Gasteiger partial charge is 0.167 e. The fourth-order valence-corrected chi connectivity index (χ4v) is 8.67. The average molecular weight is 671 g/mol. The van der Waals surface area contributed by atoms with Gasteiger partial charge in [0.25, 0.3) is 0 Å². The van der Waals surface area contributed by atoms with Crippen molar-refractivity contribution >= 4 is 75.3 Å². The largest absolute Gasteiger partial charge is 0.455 e. The summed E-state index contributed by atoms with van der Waals surface area (Å²) in [5, 5.41) is 7.09. The van der Waals surface area contributed by atoms with Crippen molar-refractivity contribution in [2.75, 3.05) is 0 Å². The number of fused-ring (bicyclic) bond motifs is 9. The van der Waals surface area contributed by atoms with Crippen LogP contribution in [0.4, 0.5) is 0 Å². The van der Waals surface area contributed by atoms with Crippen LogP contribution in [0.25, 0.3) is 104 Å². The van der Waals surface area contributed by atoms with Crippen LogP contribution in [0, 0.1) is 0 Å². The van der Waals surface area contributed by atoms with Crippen molar-refractivity contribution in [1.29, 1.82) is 0 Å². The van der Waals surface area contributed by atoms with Gasteiger partial charge in [0, 0.05) is 47.5 Å². The Kier molecular flexibility index (Phi) is 6.05. The Balaban J connectivity index is 1.22. The molecule has 7 aromatic carbocycles. The molecule has 0 aliphatic carbocycles. The molecule has 4 heterocycles. The quantitative estimate of drug-likeness (QED) is 0.187. The van der Waals surface area contributed by atoms with Crippen molar-refractivity contribution in [3.05, 3.63) is 158 Å². The highest BCUT2D eigenvalue weighted by Gasteiger charge is 2.23. The van der Waals surface area contributed by atoms with Gasteiger partial charge in [0.2, 0.25) is 0 Å². The average Bonchev–Trinajstić information content (AvgIpc) is 3.87. The maximum absolute atomic E-state index is 6.79. The van der Waals surface area contributed by atoms with Gasteiger partial charge in [-0.25, -0.2) is 15.0 Å². The van der Waals surface area contributed by atoms with Gasteiger partial charge in [0.05, 0.1) is 27.7 Å². The van der Waals surface area contributed by atoms with Gasteiger partial charge in [-0.3, -0.25) is 0 Å². The highest BCUT2D eigenvalue weighted by molar-refractivity contribution is 7.25. The maximum Gasteiger partial charge on any atom is 0.167 e. The molecule has 0 fully saturated rings. The minimum Gasteiger partial charge on any atom is -0.455 e. The lowest BCUT2D eigenvalue weighted by Gasteiger charge is -2.13. The van der Waals surface area contributed by atoms with Crippen LogP contribution in [0.2, 0.25) is 0 Å². The van der Waals surface area contributed by atoms with E-state index in [9.17, 15) is 0 Å². The molecule has 0 bridgehead atoms. The van der Waals surface area contributed by atoms with Gasteiger partial charge in [0.15, 0.2) is 17.5 Å². The Labute approximate surface area is 295 Å². The normalized spacial score (nSPS) is 11.9. The number of aromatic nitrogens is 4. The van der Waals surface area contributed by atoms with Crippen LogP contribution in [-0.4, -0.2) is 19.5 Å². The molecule has 51 heavy (non-hydrogen) atoms. The van der Waals surface area contributed by atoms with Gasteiger partial charge < -0.3 is 8.98 Å². The van der Waals surface area contributed by atoms with E-state index in [0.717, 1.165) is 55.3 Å². The Bertz CT molecular complexity index is 3080. The predicted molar refractivity (Wildman–Crippen MR) is 211 cm³/mol. The SMILES string of the molecule is c1ccc(-c2nc(-c3ccccc3)nc(-c3ccc(-n4c5ccccc5c5cc6c(cc54)sc4ccccc46)c4c3oc3ccccc34)n2)cc1. The Morgan fingerprint density at radius 1 is 0.451 bits per heavy atom. The molecule has 0 aliphatic rings. The Morgan fingerprint density at radius 3 is 1.84 bits per heavy atom. The molecule has 5 nitrogen and oxygen atoms in total. The minimum atomic E-state index is 0.563. The van der Waals surface area contributed by atoms with Gasteiger partial charge in [-0.1, -0.05) is 115 Å². The third-order valence-corrected chi connectivity index (χ3v) is 11.0. The lowest BCUT2D eigenvalue weighted by Crippen LogP contribution is -2.01. The molecule has 0 spiro atoms. The molecule has 238 valence electrons. The number of thiophene rings is 1. The van der Waals surface area contributed by atoms with Gasteiger partial charge in [-0.15, -0.1) is 11.3 Å². The molecule has 0 saturated carbocycles. The van der Waals surface area contributed by atoms with E-state index >= 15 is 0 Å². The first kappa shape index (κ1) is 28.2. The van der Waals surface area contributed by atoms with E-state index in [0.29, 0.717) is 17.5 Å². The molecule has 0 aliphatic heterocycles. The summed E-state index contributed by atoms with van der Waals surface area (Å²) in [6, 6.07) is 54.9. The summed E-state index contributed by atoms with van der Waals surface area (Å²) in [7, 11) is 0. The fourth-order valence-electron chi connectivity index (χ4n) is 7.55. The summed E-state index contributed by atoms with van der Waals surface area (Å²) in [4.78, 5) is 15.1. The number of benzene rings is 7. The molecule has 0 N–H and O–H groups in total. The lowest BCUT2D eigenvalue weighted by atomic mass is 10.1. The van der Waals surface area contributed by atoms with Crippen molar-refractivity contribution in [3.8, 4) is 39.9 Å². The summed E-state index contributed by atoms with van der Waals surface area (Å²) in [5.74, 6) is 1.79. The highest BCUT2D eigenvalue weighted by atomic mass is 32.1. The zero-order valence-electron chi connectivity index (χ0n) is 27.1. The van der Waals surface area contributed by atoms with E-state index < -0.39 is 0 Å². The van der Waals surface area contributed by atoms with Crippen LogP contribution in [0.5, 0.6) is 0 Å². The molecule has 4 aromatic heterocycles. The number of hydrogen-bond donors (Lipinski definition) is 0. The topological polar surface area (TPSA) is 56.7 Å². The first-order chi connectivity index (χ1) is 25.3. The molecule has 0 amide bonds. The summed E-state index contributed by atoms with van der Waals surface area (Å²) >= 11 is 1.84. The third-order valence-electron chi connectivity index (χ3n) is 9.86. The molecule has 0 unspecified atom stereocenters. The predicted octanol–water partition coefficient (Wildman–Crippen LogP) is 12.2. The van der Waals surface area contributed by atoms with Crippen LogP contribution in [-0.2, 0) is 0 Å². The first-order valence-corrected chi connectivity index (χ1v) is 17.8. The van der Waals surface area contributed by atoms with Crippen molar-refractivity contribution in [3.63, 3.8) is 0 Å². The zero-order valence-corrected chi connectivity index (χ0v) is 27.9. The van der Waals surface area contributed by atoms with E-state index in [-0.39, 0.29) is 0 Å². The second-order valence-corrected chi connectivity index (χ2v) is 13.9. The van der Waals surface area contributed by atoms with E-state index in [1.54, 1.807) is 0 Å². The minimum absolute atomic E-state index is 0.563. The number of furan rings is 1.